The van der Waals surface area contributed by atoms with Crippen molar-refractivity contribution in [3.8, 4) is 0 Å². The maximum atomic E-state index is 3.36. The summed E-state index contributed by atoms with van der Waals surface area (Å²) in [5.74, 6) is 0.560. The predicted molar refractivity (Wildman–Crippen MR) is 143 cm³/mol. The van der Waals surface area contributed by atoms with E-state index >= 15 is 0 Å². The van der Waals surface area contributed by atoms with Crippen molar-refractivity contribution in [3.05, 3.63) is 136 Å². The molecule has 4 rings (SSSR count). The van der Waals surface area contributed by atoms with Gasteiger partial charge in [-0.25, -0.2) is 5.57 Å². The van der Waals surface area contributed by atoms with Crippen molar-refractivity contribution in [3.63, 3.8) is 0 Å². The third-order valence-electron chi connectivity index (χ3n) is 5.42. The normalized spacial score (nSPS) is 13.9. The first-order valence-electron chi connectivity index (χ1n) is 9.89. The monoisotopic (exact) mass is 473 g/mol. The molecule has 1 aliphatic rings. The summed E-state index contributed by atoms with van der Waals surface area (Å²) in [6.45, 7) is 8.67. The fraction of sp³-hybridized carbons (Fsp3) is 0.167. The van der Waals surface area contributed by atoms with E-state index in [4.69, 9.17) is 0 Å². The molecule has 0 aliphatic heterocycles. The summed E-state index contributed by atoms with van der Waals surface area (Å²) >= 11 is 0. The Morgan fingerprint density at radius 3 is 1.09 bits per heavy atom. The molecule has 1 atom stereocenters. The van der Waals surface area contributed by atoms with Crippen LogP contribution in [0.3, 0.4) is 0 Å². The van der Waals surface area contributed by atoms with Crippen LogP contribution in [0.1, 0.15) is 27.7 Å². The van der Waals surface area contributed by atoms with E-state index in [1.807, 2.05) is 0 Å². The molecule has 0 amide bonds. The van der Waals surface area contributed by atoms with Gasteiger partial charge >= 0.3 is 21.7 Å². The Kier molecular flexibility index (Phi) is 15.9. The molecule has 165 valence electrons. The minimum Gasteiger partial charge on any atom is -0.358 e. The van der Waals surface area contributed by atoms with Gasteiger partial charge in [-0.05, 0) is 0 Å². The summed E-state index contributed by atoms with van der Waals surface area (Å²) in [5, 5.41) is 4.31. The minimum absolute atomic E-state index is 0. The molecule has 0 saturated heterocycles. The molecule has 0 aromatic heterocycles. The largest absolute Gasteiger partial charge is 4.00 e. The average Bonchev–Trinajstić information content (AvgIpc) is 2.96. The van der Waals surface area contributed by atoms with Gasteiger partial charge in [0, 0.05) is 0 Å². The zero-order valence-electron chi connectivity index (χ0n) is 20.7. The van der Waals surface area contributed by atoms with Gasteiger partial charge in [0.15, 0.2) is 8.80 Å². The molecule has 0 N–H and O–H groups in total. The van der Waals surface area contributed by atoms with Gasteiger partial charge in [0.1, 0.15) is 0 Å². The molecular weight excluding hydrogens is 436 g/mol. The van der Waals surface area contributed by atoms with E-state index < -0.39 is 8.80 Å². The van der Waals surface area contributed by atoms with Crippen LogP contribution in [0.4, 0.5) is 0 Å². The fourth-order valence-electron chi connectivity index (χ4n) is 3.48. The van der Waals surface area contributed by atoms with Gasteiger partial charge < -0.3 is 22.3 Å². The van der Waals surface area contributed by atoms with Gasteiger partial charge in [0.2, 0.25) is 0 Å². The third-order valence-corrected chi connectivity index (χ3v) is 8.16. The van der Waals surface area contributed by atoms with Crippen molar-refractivity contribution in [2.24, 2.45) is 5.92 Å². The molecule has 32 heavy (non-hydrogen) atoms. The molecule has 3 aromatic rings. The van der Waals surface area contributed by atoms with E-state index in [0.29, 0.717) is 5.92 Å². The van der Waals surface area contributed by atoms with Crippen molar-refractivity contribution in [1.82, 2.24) is 0 Å². The molecule has 0 bridgehead atoms. The smallest absolute Gasteiger partial charge is 0.358 e. The van der Waals surface area contributed by atoms with Crippen LogP contribution in [0.5, 0.6) is 0 Å². The molecule has 0 heterocycles. The molecule has 0 nitrogen and oxygen atoms in total. The van der Waals surface area contributed by atoms with Crippen molar-refractivity contribution in [2.45, 2.75) is 27.7 Å². The van der Waals surface area contributed by atoms with Crippen molar-refractivity contribution < 1.29 is 21.7 Å². The Labute approximate surface area is 215 Å². The van der Waals surface area contributed by atoms with E-state index in [2.05, 4.69) is 125 Å². The van der Waals surface area contributed by atoms with Gasteiger partial charge in [0.25, 0.3) is 0 Å². The Morgan fingerprint density at radius 2 is 0.906 bits per heavy atom. The van der Waals surface area contributed by atoms with E-state index in [1.165, 1.54) is 32.3 Å². The second-order valence-electron chi connectivity index (χ2n) is 7.27. The Hall–Kier alpha value is -1.93. The summed E-state index contributed by atoms with van der Waals surface area (Å²) in [4.78, 5) is 0. The van der Waals surface area contributed by atoms with Gasteiger partial charge in [0.05, 0.1) is 0 Å². The molecule has 2 heteroatoms. The first-order valence-corrected chi connectivity index (χ1v) is 11.4. The number of allylic oxidation sites excluding steroid dienone is 4. The van der Waals surface area contributed by atoms with E-state index in [9.17, 15) is 0 Å². The molecule has 3 aromatic carbocycles. The first-order chi connectivity index (χ1) is 13.6. The molecule has 0 saturated carbocycles. The summed E-state index contributed by atoms with van der Waals surface area (Å²) in [6, 6.07) is 32.5. The van der Waals surface area contributed by atoms with Crippen LogP contribution in [-0.4, -0.2) is 8.80 Å². The van der Waals surface area contributed by atoms with Crippen LogP contribution in [0.15, 0.2) is 108 Å². The zero-order chi connectivity index (χ0) is 19.9. The quantitative estimate of drug-likeness (QED) is 0.239. The summed E-state index contributed by atoms with van der Waals surface area (Å²) < 4.78 is 0. The van der Waals surface area contributed by atoms with Crippen molar-refractivity contribution >= 4 is 24.4 Å². The molecule has 0 fully saturated rings. The van der Waals surface area contributed by atoms with Crippen molar-refractivity contribution in [2.75, 3.05) is 0 Å². The van der Waals surface area contributed by atoms with E-state index in [1.54, 1.807) is 0 Å². The SMILES string of the molecule is CC1=[C-]C(C)C(C)=C1C.[CH3-].[CH3-].[CH3-].[Ti+4].c1ccc([Si](c2ccccc2)c2ccccc2)cc1. The topological polar surface area (TPSA) is 0 Å². The average molecular weight is 474 g/mol. The van der Waals surface area contributed by atoms with Crippen LogP contribution in [0.25, 0.3) is 0 Å². The number of hydrogen-bond donors (Lipinski definition) is 0. The molecule has 0 spiro atoms. The predicted octanol–water partition coefficient (Wildman–Crippen LogP) is 6.27. The fourth-order valence-corrected chi connectivity index (χ4v) is 6.05. The van der Waals surface area contributed by atoms with E-state index in [0.717, 1.165) is 0 Å². The van der Waals surface area contributed by atoms with Crippen LogP contribution in [0, 0.1) is 34.3 Å². The number of hydrogen-bond acceptors (Lipinski definition) is 0. The standard InChI is InChI=1S/C18H15Si.C9H13.3CH3.Ti/c1-4-10-16(11-5-1)19(17-12-6-2-7-13-17)18-14-8-3-9-15-18;1-6-5-7(2)9(4)8(6)3;;;;/h1-15H;6H,1-4H3;3*1H3;/q;4*-1;+4. The molecular formula is C30H37SiTi. The number of benzene rings is 3. The van der Waals surface area contributed by atoms with Crippen LogP contribution < -0.4 is 15.6 Å². The van der Waals surface area contributed by atoms with Crippen LogP contribution in [0.2, 0.25) is 0 Å². The number of rotatable bonds is 3. The minimum atomic E-state index is -0.877. The summed E-state index contributed by atoms with van der Waals surface area (Å²) in [6.07, 6.45) is 3.36. The Bertz CT molecular complexity index is 850. The van der Waals surface area contributed by atoms with Crippen LogP contribution >= 0.6 is 0 Å². The van der Waals surface area contributed by atoms with E-state index in [-0.39, 0.29) is 44.0 Å². The second-order valence-corrected chi connectivity index (χ2v) is 9.75. The maximum Gasteiger partial charge on any atom is 4.00 e. The Morgan fingerprint density at radius 1 is 0.594 bits per heavy atom. The molecule has 1 radical (unpaired) electrons. The van der Waals surface area contributed by atoms with Crippen LogP contribution in [-0.2, 0) is 21.7 Å². The molecule has 1 aliphatic carbocycles. The third kappa shape index (κ3) is 8.21. The first kappa shape index (κ1) is 32.3. The zero-order valence-corrected chi connectivity index (χ0v) is 23.3. The van der Waals surface area contributed by atoms with Crippen molar-refractivity contribution in [1.29, 1.82) is 0 Å². The second kappa shape index (κ2) is 15.8. The maximum absolute atomic E-state index is 3.36. The summed E-state index contributed by atoms with van der Waals surface area (Å²) in [5.41, 5.74) is 4.25. The Balaban J connectivity index is 0. The van der Waals surface area contributed by atoms with Gasteiger partial charge in [-0.2, -0.15) is 11.1 Å². The molecule has 1 unspecified atom stereocenters. The van der Waals surface area contributed by atoms with Gasteiger partial charge in [-0.1, -0.05) is 133 Å². The van der Waals surface area contributed by atoms with Gasteiger partial charge in [-0.15, -0.1) is 6.92 Å². The van der Waals surface area contributed by atoms with Gasteiger partial charge in [-0.3, -0.25) is 6.08 Å². The summed E-state index contributed by atoms with van der Waals surface area (Å²) in [7, 11) is -0.877.